The predicted molar refractivity (Wildman–Crippen MR) is 90.1 cm³/mol. The Morgan fingerprint density at radius 2 is 2.00 bits per heavy atom. The molecule has 1 heterocycles. The second kappa shape index (κ2) is 8.81. The van der Waals surface area contributed by atoms with Gasteiger partial charge in [-0.15, -0.1) is 0 Å². The van der Waals surface area contributed by atoms with Gasteiger partial charge in [0.15, 0.2) is 0 Å². The molecule has 2 aromatic rings. The maximum atomic E-state index is 12.0. The highest BCUT2D eigenvalue weighted by molar-refractivity contribution is 5.94. The third-order valence-electron chi connectivity index (χ3n) is 3.73. The molecule has 2 rings (SSSR count). The number of hydrogen-bond acceptors (Lipinski definition) is 4. The summed E-state index contributed by atoms with van der Waals surface area (Å²) in [5.41, 5.74) is 1.57. The van der Waals surface area contributed by atoms with Crippen molar-refractivity contribution >= 4 is 11.8 Å². The minimum Gasteiger partial charge on any atom is -0.352 e. The molecule has 0 bridgehead atoms. The van der Waals surface area contributed by atoms with Crippen LogP contribution in [0.25, 0.3) is 0 Å². The van der Waals surface area contributed by atoms with Crippen LogP contribution in [0.5, 0.6) is 0 Å². The van der Waals surface area contributed by atoms with Crippen LogP contribution >= 0.6 is 0 Å². The van der Waals surface area contributed by atoms with Crippen molar-refractivity contribution in [3.63, 3.8) is 0 Å². The Balaban J connectivity index is 1.76. The van der Waals surface area contributed by atoms with Gasteiger partial charge in [-0.1, -0.05) is 19.1 Å². The minimum atomic E-state index is -0.0761. The van der Waals surface area contributed by atoms with Crippen LogP contribution in [-0.2, 0) is 17.9 Å². The number of carbonyl (C=O) groups excluding carboxylic acids is 2. The molecular formula is C17H23N5O2. The molecule has 1 aromatic carbocycles. The van der Waals surface area contributed by atoms with Crippen LogP contribution in [0, 0.1) is 0 Å². The molecule has 0 saturated carbocycles. The summed E-state index contributed by atoms with van der Waals surface area (Å²) in [6.45, 7) is 4.94. The summed E-state index contributed by atoms with van der Waals surface area (Å²) in [6.07, 6.45) is 4.26. The summed E-state index contributed by atoms with van der Waals surface area (Å²) in [5, 5.41) is 9.72. The van der Waals surface area contributed by atoms with Gasteiger partial charge in [0, 0.05) is 24.6 Å². The lowest BCUT2D eigenvalue weighted by atomic mass is 10.1. The third-order valence-corrected chi connectivity index (χ3v) is 3.73. The first kappa shape index (κ1) is 17.7. The van der Waals surface area contributed by atoms with Crippen molar-refractivity contribution in [1.82, 2.24) is 25.4 Å². The number of nitrogens with one attached hydrogen (secondary N) is 2. The maximum absolute atomic E-state index is 12.0. The molecule has 7 heteroatoms. The van der Waals surface area contributed by atoms with Gasteiger partial charge in [-0.2, -0.15) is 5.10 Å². The first-order valence-corrected chi connectivity index (χ1v) is 8.07. The SMILES string of the molecule is CC[C@@H](C)NC(=O)c1ccc(CNC(=O)CCn2cncn2)cc1. The van der Waals surface area contributed by atoms with Crippen LogP contribution in [0.2, 0.25) is 0 Å². The molecule has 1 atom stereocenters. The Morgan fingerprint density at radius 3 is 2.62 bits per heavy atom. The van der Waals surface area contributed by atoms with Crippen molar-refractivity contribution in [2.24, 2.45) is 0 Å². The van der Waals surface area contributed by atoms with Gasteiger partial charge in [-0.3, -0.25) is 14.3 Å². The van der Waals surface area contributed by atoms with Gasteiger partial charge in [0.05, 0.1) is 6.54 Å². The second-order valence-corrected chi connectivity index (χ2v) is 5.66. The topological polar surface area (TPSA) is 88.9 Å². The number of nitrogens with zero attached hydrogens (tertiary/aromatic N) is 3. The second-order valence-electron chi connectivity index (χ2n) is 5.66. The van der Waals surface area contributed by atoms with Crippen molar-refractivity contribution in [3.05, 3.63) is 48.0 Å². The highest BCUT2D eigenvalue weighted by atomic mass is 16.2. The summed E-state index contributed by atoms with van der Waals surface area (Å²) < 4.78 is 1.62. The molecule has 0 saturated heterocycles. The molecule has 0 aliphatic carbocycles. The van der Waals surface area contributed by atoms with Crippen LogP contribution in [0.3, 0.4) is 0 Å². The quantitative estimate of drug-likeness (QED) is 0.768. The van der Waals surface area contributed by atoms with E-state index in [1.807, 2.05) is 26.0 Å². The standard InChI is InChI=1S/C17H23N5O2/c1-3-13(2)21-17(24)15-6-4-14(5-7-15)10-19-16(23)8-9-22-12-18-11-20-22/h4-7,11-13H,3,8-10H2,1-2H3,(H,19,23)(H,21,24)/t13-/m1/s1. The number of carbonyl (C=O) groups is 2. The molecule has 0 unspecified atom stereocenters. The Kier molecular flexibility index (Phi) is 6.48. The highest BCUT2D eigenvalue weighted by Gasteiger charge is 2.08. The van der Waals surface area contributed by atoms with E-state index < -0.39 is 0 Å². The van der Waals surface area contributed by atoms with Gasteiger partial charge in [0.1, 0.15) is 12.7 Å². The molecule has 24 heavy (non-hydrogen) atoms. The lowest BCUT2D eigenvalue weighted by molar-refractivity contribution is -0.121. The zero-order chi connectivity index (χ0) is 17.4. The normalized spacial score (nSPS) is 11.8. The molecule has 1 aromatic heterocycles. The molecular weight excluding hydrogens is 306 g/mol. The first-order chi connectivity index (χ1) is 11.6. The van der Waals surface area contributed by atoms with Crippen LogP contribution < -0.4 is 10.6 Å². The fraction of sp³-hybridized carbons (Fsp3) is 0.412. The predicted octanol–water partition coefficient (Wildman–Crippen LogP) is 1.51. The van der Waals surface area contributed by atoms with Gasteiger partial charge in [0.2, 0.25) is 5.91 Å². The van der Waals surface area contributed by atoms with Crippen LogP contribution in [-0.4, -0.2) is 32.6 Å². The fourth-order valence-electron chi connectivity index (χ4n) is 2.04. The number of hydrogen-bond donors (Lipinski definition) is 2. The van der Waals surface area contributed by atoms with Gasteiger partial charge in [-0.05, 0) is 31.0 Å². The number of benzene rings is 1. The van der Waals surface area contributed by atoms with Crippen molar-refractivity contribution in [2.75, 3.05) is 0 Å². The Hall–Kier alpha value is -2.70. The molecule has 128 valence electrons. The molecule has 0 radical (unpaired) electrons. The van der Waals surface area contributed by atoms with Crippen molar-refractivity contribution in [1.29, 1.82) is 0 Å². The Morgan fingerprint density at radius 1 is 1.25 bits per heavy atom. The van der Waals surface area contributed by atoms with Gasteiger partial charge >= 0.3 is 0 Å². The summed E-state index contributed by atoms with van der Waals surface area (Å²) >= 11 is 0. The average Bonchev–Trinajstić information content (AvgIpc) is 3.12. The third kappa shape index (κ3) is 5.49. The lowest BCUT2D eigenvalue weighted by Gasteiger charge is -2.11. The van der Waals surface area contributed by atoms with Crippen LogP contribution in [0.15, 0.2) is 36.9 Å². The van der Waals surface area contributed by atoms with Gasteiger partial charge in [-0.25, -0.2) is 4.98 Å². The monoisotopic (exact) mass is 329 g/mol. The smallest absolute Gasteiger partial charge is 0.251 e. The van der Waals surface area contributed by atoms with E-state index in [4.69, 9.17) is 0 Å². The summed E-state index contributed by atoms with van der Waals surface area (Å²) in [4.78, 5) is 27.6. The van der Waals surface area contributed by atoms with Gasteiger partial charge in [0.25, 0.3) is 5.91 Å². The average molecular weight is 329 g/mol. The number of aryl methyl sites for hydroxylation is 1. The zero-order valence-electron chi connectivity index (χ0n) is 14.0. The van der Waals surface area contributed by atoms with E-state index in [-0.39, 0.29) is 17.9 Å². The molecule has 2 amide bonds. The lowest BCUT2D eigenvalue weighted by Crippen LogP contribution is -2.31. The van der Waals surface area contributed by atoms with E-state index in [0.29, 0.717) is 25.1 Å². The van der Waals surface area contributed by atoms with E-state index in [1.54, 1.807) is 23.1 Å². The molecule has 0 aliphatic rings. The molecule has 7 nitrogen and oxygen atoms in total. The van der Waals surface area contributed by atoms with Gasteiger partial charge < -0.3 is 10.6 Å². The summed E-state index contributed by atoms with van der Waals surface area (Å²) in [6, 6.07) is 7.40. The molecule has 0 spiro atoms. The van der Waals surface area contributed by atoms with E-state index >= 15 is 0 Å². The summed E-state index contributed by atoms with van der Waals surface area (Å²) in [5.74, 6) is -0.128. The van der Waals surface area contributed by atoms with E-state index in [0.717, 1.165) is 12.0 Å². The largest absolute Gasteiger partial charge is 0.352 e. The molecule has 2 N–H and O–H groups in total. The van der Waals surface area contributed by atoms with Crippen molar-refractivity contribution in [2.45, 2.75) is 45.8 Å². The Labute approximate surface area is 141 Å². The minimum absolute atomic E-state index is 0.0518. The molecule has 0 aliphatic heterocycles. The number of amides is 2. The highest BCUT2D eigenvalue weighted by Crippen LogP contribution is 2.05. The van der Waals surface area contributed by atoms with Crippen molar-refractivity contribution in [3.8, 4) is 0 Å². The number of aromatic nitrogens is 3. The van der Waals surface area contributed by atoms with Crippen LogP contribution in [0.4, 0.5) is 0 Å². The fourth-order valence-corrected chi connectivity index (χ4v) is 2.04. The maximum Gasteiger partial charge on any atom is 0.251 e. The van der Waals surface area contributed by atoms with Crippen LogP contribution in [0.1, 0.15) is 42.6 Å². The first-order valence-electron chi connectivity index (χ1n) is 8.07. The Bertz CT molecular complexity index is 652. The summed E-state index contributed by atoms with van der Waals surface area (Å²) in [7, 11) is 0. The zero-order valence-corrected chi connectivity index (χ0v) is 14.0. The van der Waals surface area contributed by atoms with E-state index in [1.165, 1.54) is 6.33 Å². The number of rotatable bonds is 8. The van der Waals surface area contributed by atoms with E-state index in [2.05, 4.69) is 20.7 Å². The van der Waals surface area contributed by atoms with Crippen molar-refractivity contribution < 1.29 is 9.59 Å². The van der Waals surface area contributed by atoms with E-state index in [9.17, 15) is 9.59 Å². The molecule has 0 fully saturated rings.